The molecule has 14 heavy (non-hydrogen) atoms. The third kappa shape index (κ3) is 3.85. The number of hydrogen-bond donors (Lipinski definition) is 2. The van der Waals surface area contributed by atoms with E-state index in [1.54, 1.807) is 6.20 Å². The predicted octanol–water partition coefficient (Wildman–Crippen LogP) is 1.33. The fourth-order valence-corrected chi connectivity index (χ4v) is 1.37. The molecule has 0 saturated carbocycles. The molecule has 1 unspecified atom stereocenters. The second kappa shape index (κ2) is 6.51. The summed E-state index contributed by atoms with van der Waals surface area (Å²) in [5.74, 6) is 0. The van der Waals surface area contributed by atoms with Crippen molar-refractivity contribution in [2.45, 2.75) is 32.4 Å². The Balaban J connectivity index is 2.32. The van der Waals surface area contributed by atoms with Crippen molar-refractivity contribution in [2.24, 2.45) is 0 Å². The van der Waals surface area contributed by atoms with Crippen LogP contribution in [0.2, 0.25) is 0 Å². The van der Waals surface area contributed by atoms with Crippen LogP contribution in [-0.4, -0.2) is 22.7 Å². The smallest absolute Gasteiger partial charge is 0.0445 e. The van der Waals surface area contributed by atoms with E-state index in [0.717, 1.165) is 19.4 Å². The van der Waals surface area contributed by atoms with Gasteiger partial charge in [-0.15, -0.1) is 0 Å². The van der Waals surface area contributed by atoms with Crippen molar-refractivity contribution in [2.75, 3.05) is 6.61 Å². The zero-order chi connectivity index (χ0) is 10.2. The summed E-state index contributed by atoms with van der Waals surface area (Å²) in [4.78, 5) is 4.05. The summed E-state index contributed by atoms with van der Waals surface area (Å²) in [6.45, 7) is 3.20. The van der Waals surface area contributed by atoms with Crippen LogP contribution in [0, 0.1) is 0 Å². The summed E-state index contributed by atoms with van der Waals surface area (Å²) in [6, 6.07) is 4.38. The van der Waals surface area contributed by atoms with E-state index in [-0.39, 0.29) is 6.61 Å². The van der Waals surface area contributed by atoms with Crippen LogP contribution in [0.25, 0.3) is 0 Å². The van der Waals surface area contributed by atoms with Gasteiger partial charge in [-0.05, 0) is 24.5 Å². The average molecular weight is 194 g/mol. The quantitative estimate of drug-likeness (QED) is 0.718. The molecular formula is C11H18N2O. The van der Waals surface area contributed by atoms with Crippen molar-refractivity contribution in [3.05, 3.63) is 30.1 Å². The van der Waals surface area contributed by atoms with Crippen molar-refractivity contribution >= 4 is 0 Å². The van der Waals surface area contributed by atoms with Gasteiger partial charge in [-0.2, -0.15) is 0 Å². The lowest BCUT2D eigenvalue weighted by Crippen LogP contribution is -2.28. The number of aromatic nitrogens is 1. The van der Waals surface area contributed by atoms with Gasteiger partial charge in [0.15, 0.2) is 0 Å². The largest absolute Gasteiger partial charge is 0.396 e. The van der Waals surface area contributed by atoms with Crippen molar-refractivity contribution in [1.82, 2.24) is 10.3 Å². The van der Waals surface area contributed by atoms with Crippen LogP contribution in [0.1, 0.15) is 25.3 Å². The van der Waals surface area contributed by atoms with E-state index >= 15 is 0 Å². The fourth-order valence-electron chi connectivity index (χ4n) is 1.37. The van der Waals surface area contributed by atoms with Gasteiger partial charge in [0, 0.05) is 31.6 Å². The fraction of sp³-hybridized carbons (Fsp3) is 0.545. The maximum atomic E-state index is 8.81. The number of aliphatic hydroxyl groups is 1. The normalized spacial score (nSPS) is 12.7. The standard InChI is InChI=1S/C11H18N2O/c1-2-11(5-7-14)13-9-10-4-3-6-12-8-10/h3-4,6,8,11,13-14H,2,5,7,9H2,1H3. The molecule has 1 heterocycles. The van der Waals surface area contributed by atoms with E-state index in [4.69, 9.17) is 5.11 Å². The summed E-state index contributed by atoms with van der Waals surface area (Å²) in [5, 5.41) is 12.2. The van der Waals surface area contributed by atoms with Crippen LogP contribution < -0.4 is 5.32 Å². The lowest BCUT2D eigenvalue weighted by Gasteiger charge is -2.15. The third-order valence-electron chi connectivity index (χ3n) is 2.29. The maximum absolute atomic E-state index is 8.81. The van der Waals surface area contributed by atoms with Gasteiger partial charge in [-0.25, -0.2) is 0 Å². The van der Waals surface area contributed by atoms with Crippen molar-refractivity contribution in [3.63, 3.8) is 0 Å². The summed E-state index contributed by atoms with van der Waals surface area (Å²) < 4.78 is 0. The second-order valence-corrected chi connectivity index (χ2v) is 3.36. The molecule has 3 nitrogen and oxygen atoms in total. The van der Waals surface area contributed by atoms with Crippen molar-refractivity contribution in [3.8, 4) is 0 Å². The average Bonchev–Trinajstić information content (AvgIpc) is 2.25. The lowest BCUT2D eigenvalue weighted by atomic mass is 10.1. The molecule has 1 atom stereocenters. The Morgan fingerprint density at radius 2 is 2.43 bits per heavy atom. The van der Waals surface area contributed by atoms with E-state index < -0.39 is 0 Å². The Hall–Kier alpha value is -0.930. The van der Waals surface area contributed by atoms with Gasteiger partial charge >= 0.3 is 0 Å². The molecule has 2 N–H and O–H groups in total. The molecule has 0 saturated heterocycles. The Bertz CT molecular complexity index is 238. The van der Waals surface area contributed by atoms with Crippen LogP contribution in [0.15, 0.2) is 24.5 Å². The zero-order valence-electron chi connectivity index (χ0n) is 8.61. The molecule has 0 spiro atoms. The Kier molecular flexibility index (Phi) is 5.19. The first-order chi connectivity index (χ1) is 6.86. The topological polar surface area (TPSA) is 45.1 Å². The van der Waals surface area contributed by atoms with Gasteiger partial charge in [-0.1, -0.05) is 13.0 Å². The molecule has 3 heteroatoms. The minimum Gasteiger partial charge on any atom is -0.396 e. The van der Waals surface area contributed by atoms with Crippen LogP contribution in [-0.2, 0) is 6.54 Å². The van der Waals surface area contributed by atoms with Gasteiger partial charge in [0.05, 0.1) is 0 Å². The van der Waals surface area contributed by atoms with Crippen LogP contribution in [0.3, 0.4) is 0 Å². The summed E-state index contributed by atoms with van der Waals surface area (Å²) in [5.41, 5.74) is 1.18. The van der Waals surface area contributed by atoms with Crippen LogP contribution in [0.4, 0.5) is 0 Å². The first-order valence-electron chi connectivity index (χ1n) is 5.10. The van der Waals surface area contributed by atoms with Gasteiger partial charge in [-0.3, -0.25) is 4.98 Å². The van der Waals surface area contributed by atoms with E-state index in [9.17, 15) is 0 Å². The molecule has 0 fully saturated rings. The third-order valence-corrected chi connectivity index (χ3v) is 2.29. The molecule has 0 aromatic carbocycles. The molecule has 0 bridgehead atoms. The van der Waals surface area contributed by atoms with Crippen molar-refractivity contribution in [1.29, 1.82) is 0 Å². The molecule has 1 aromatic rings. The number of rotatable bonds is 6. The lowest BCUT2D eigenvalue weighted by molar-refractivity contribution is 0.262. The molecular weight excluding hydrogens is 176 g/mol. The molecule has 0 radical (unpaired) electrons. The first-order valence-corrected chi connectivity index (χ1v) is 5.10. The van der Waals surface area contributed by atoms with Gasteiger partial charge in [0.25, 0.3) is 0 Å². The van der Waals surface area contributed by atoms with Crippen LogP contribution >= 0.6 is 0 Å². The van der Waals surface area contributed by atoms with Crippen LogP contribution in [0.5, 0.6) is 0 Å². The molecule has 0 amide bonds. The molecule has 0 aliphatic rings. The highest BCUT2D eigenvalue weighted by Crippen LogP contribution is 2.00. The molecule has 0 aliphatic carbocycles. The number of aliphatic hydroxyl groups excluding tert-OH is 1. The minimum absolute atomic E-state index is 0.249. The van der Waals surface area contributed by atoms with E-state index in [1.807, 2.05) is 18.3 Å². The Morgan fingerprint density at radius 3 is 3.00 bits per heavy atom. The highest BCUT2D eigenvalue weighted by Gasteiger charge is 2.03. The molecule has 78 valence electrons. The number of hydrogen-bond acceptors (Lipinski definition) is 3. The predicted molar refractivity (Wildman–Crippen MR) is 56.9 cm³/mol. The highest BCUT2D eigenvalue weighted by atomic mass is 16.3. The summed E-state index contributed by atoms with van der Waals surface area (Å²) in [6.07, 6.45) is 5.49. The molecule has 1 aromatic heterocycles. The Morgan fingerprint density at radius 1 is 1.57 bits per heavy atom. The second-order valence-electron chi connectivity index (χ2n) is 3.36. The molecule has 0 aliphatic heterocycles. The summed E-state index contributed by atoms with van der Waals surface area (Å²) >= 11 is 0. The zero-order valence-corrected chi connectivity index (χ0v) is 8.61. The number of pyridine rings is 1. The highest BCUT2D eigenvalue weighted by molar-refractivity contribution is 5.07. The van der Waals surface area contributed by atoms with E-state index in [2.05, 4.69) is 17.2 Å². The molecule has 1 rings (SSSR count). The monoisotopic (exact) mass is 194 g/mol. The van der Waals surface area contributed by atoms with E-state index in [1.165, 1.54) is 5.56 Å². The minimum atomic E-state index is 0.249. The van der Waals surface area contributed by atoms with Gasteiger partial charge < -0.3 is 10.4 Å². The van der Waals surface area contributed by atoms with E-state index in [0.29, 0.717) is 6.04 Å². The first kappa shape index (κ1) is 11.1. The van der Waals surface area contributed by atoms with Crippen molar-refractivity contribution < 1.29 is 5.11 Å². The maximum Gasteiger partial charge on any atom is 0.0445 e. The van der Waals surface area contributed by atoms with Gasteiger partial charge in [0.2, 0.25) is 0 Å². The Labute approximate surface area is 85.2 Å². The SMILES string of the molecule is CCC(CCO)NCc1cccnc1. The van der Waals surface area contributed by atoms with Gasteiger partial charge in [0.1, 0.15) is 0 Å². The summed E-state index contributed by atoms with van der Waals surface area (Å²) in [7, 11) is 0. The number of nitrogens with zero attached hydrogens (tertiary/aromatic N) is 1. The number of nitrogens with one attached hydrogen (secondary N) is 1.